The Labute approximate surface area is 138 Å². The maximum atomic E-state index is 12.8. The normalized spacial score (nSPS) is 19.5. The minimum Gasteiger partial charge on any atom is -0.314 e. The topological polar surface area (TPSA) is 23.6 Å². The average Bonchev–Trinajstić information content (AvgIpc) is 3.11. The summed E-state index contributed by atoms with van der Waals surface area (Å²) in [4.78, 5) is 16.8. The van der Waals surface area contributed by atoms with E-state index in [9.17, 15) is 4.79 Å². The van der Waals surface area contributed by atoms with Gasteiger partial charge >= 0.3 is 0 Å². The van der Waals surface area contributed by atoms with Gasteiger partial charge in [0.15, 0.2) is 0 Å². The van der Waals surface area contributed by atoms with E-state index in [4.69, 9.17) is 0 Å². The number of likely N-dealkylation sites (N-methyl/N-ethyl adjacent to an activating group) is 1. The third-order valence-electron chi connectivity index (χ3n) is 4.87. The summed E-state index contributed by atoms with van der Waals surface area (Å²) in [5.41, 5.74) is 2.33. The van der Waals surface area contributed by atoms with E-state index in [1.807, 2.05) is 44.3 Å². The highest BCUT2D eigenvalue weighted by atomic mass is 16.2. The van der Waals surface area contributed by atoms with E-state index < -0.39 is 0 Å². The van der Waals surface area contributed by atoms with Crippen LogP contribution in [0, 0.1) is 0 Å². The zero-order chi connectivity index (χ0) is 16.2. The van der Waals surface area contributed by atoms with E-state index in [0.717, 1.165) is 25.2 Å². The van der Waals surface area contributed by atoms with Crippen molar-refractivity contribution in [3.8, 4) is 0 Å². The fraction of sp³-hybridized carbons (Fsp3) is 0.350. The predicted octanol–water partition coefficient (Wildman–Crippen LogP) is 3.53. The van der Waals surface area contributed by atoms with Gasteiger partial charge in [0.2, 0.25) is 5.91 Å². The van der Waals surface area contributed by atoms with Gasteiger partial charge in [-0.2, -0.15) is 0 Å². The summed E-state index contributed by atoms with van der Waals surface area (Å²) < 4.78 is 0. The second-order valence-corrected chi connectivity index (χ2v) is 6.30. The van der Waals surface area contributed by atoms with Crippen molar-refractivity contribution in [1.82, 2.24) is 4.90 Å². The van der Waals surface area contributed by atoms with Crippen LogP contribution in [-0.2, 0) is 4.79 Å². The van der Waals surface area contributed by atoms with Crippen LogP contribution in [0.1, 0.15) is 24.8 Å². The van der Waals surface area contributed by atoms with Crippen molar-refractivity contribution in [2.24, 2.45) is 0 Å². The van der Waals surface area contributed by atoms with Gasteiger partial charge in [0.25, 0.3) is 0 Å². The van der Waals surface area contributed by atoms with Crippen LogP contribution in [-0.4, -0.2) is 37.0 Å². The van der Waals surface area contributed by atoms with Gasteiger partial charge in [-0.05, 0) is 43.5 Å². The monoisotopic (exact) mass is 308 g/mol. The zero-order valence-corrected chi connectivity index (χ0v) is 13.9. The molecule has 0 aromatic heterocycles. The molecule has 2 atom stereocenters. The molecule has 0 bridgehead atoms. The van der Waals surface area contributed by atoms with Gasteiger partial charge in [0.05, 0.1) is 6.04 Å². The van der Waals surface area contributed by atoms with Crippen molar-refractivity contribution in [2.45, 2.75) is 25.3 Å². The average molecular weight is 308 g/mol. The molecule has 0 unspecified atom stereocenters. The molecule has 1 fully saturated rings. The Morgan fingerprint density at radius 3 is 2.35 bits per heavy atom. The van der Waals surface area contributed by atoms with Crippen molar-refractivity contribution in [3.63, 3.8) is 0 Å². The minimum atomic E-state index is -0.0890. The first-order valence-corrected chi connectivity index (χ1v) is 8.28. The summed E-state index contributed by atoms with van der Waals surface area (Å²) >= 11 is 0. The van der Waals surface area contributed by atoms with Crippen molar-refractivity contribution in [2.75, 3.05) is 25.0 Å². The summed E-state index contributed by atoms with van der Waals surface area (Å²) in [5, 5.41) is 0. The molecule has 1 amide bonds. The lowest BCUT2D eigenvalue weighted by atomic mass is 9.99. The molecule has 2 aromatic carbocycles. The molecular formula is C20H24N2O. The highest BCUT2D eigenvalue weighted by molar-refractivity contribution is 5.96. The molecule has 23 heavy (non-hydrogen) atoms. The van der Waals surface area contributed by atoms with Crippen LogP contribution < -0.4 is 4.90 Å². The lowest BCUT2D eigenvalue weighted by Crippen LogP contribution is -2.45. The molecule has 1 heterocycles. The Bertz CT molecular complexity index is 641. The van der Waals surface area contributed by atoms with Gasteiger partial charge in [-0.15, -0.1) is 0 Å². The number of likely N-dealkylation sites (tertiary alicyclic amines) is 1. The third-order valence-corrected chi connectivity index (χ3v) is 4.87. The van der Waals surface area contributed by atoms with E-state index in [2.05, 4.69) is 35.2 Å². The van der Waals surface area contributed by atoms with E-state index >= 15 is 0 Å². The van der Waals surface area contributed by atoms with Crippen molar-refractivity contribution in [3.05, 3.63) is 66.2 Å². The van der Waals surface area contributed by atoms with E-state index in [-0.39, 0.29) is 11.9 Å². The standard InChI is InChI=1S/C20H24N2O/c1-16(20(23)21(2)19-11-7-4-8-12-19)22-14-13-18(15-22)17-9-5-3-6-10-17/h3-12,16,18H,13-15H2,1-2H3/t16-,18+/m1/s1. The van der Waals surface area contributed by atoms with Crippen LogP contribution in [0.2, 0.25) is 0 Å². The summed E-state index contributed by atoms with van der Waals surface area (Å²) in [6, 6.07) is 20.4. The molecule has 0 saturated carbocycles. The number of carbonyl (C=O) groups excluding carboxylic acids is 1. The van der Waals surface area contributed by atoms with E-state index in [0.29, 0.717) is 5.92 Å². The third kappa shape index (κ3) is 3.45. The number of anilines is 1. The van der Waals surface area contributed by atoms with Gasteiger partial charge in [-0.3, -0.25) is 9.69 Å². The van der Waals surface area contributed by atoms with Crippen LogP contribution in [0.4, 0.5) is 5.69 Å². The Kier molecular flexibility index (Phi) is 4.77. The number of benzene rings is 2. The quantitative estimate of drug-likeness (QED) is 0.862. The summed E-state index contributed by atoms with van der Waals surface area (Å²) in [5.74, 6) is 0.693. The molecule has 3 heteroatoms. The minimum absolute atomic E-state index is 0.0890. The molecule has 2 aromatic rings. The Hall–Kier alpha value is -2.13. The smallest absolute Gasteiger partial charge is 0.243 e. The lowest BCUT2D eigenvalue weighted by Gasteiger charge is -2.28. The molecule has 0 N–H and O–H groups in total. The largest absolute Gasteiger partial charge is 0.314 e. The SMILES string of the molecule is C[C@H](C(=O)N(C)c1ccccc1)N1CC[C@H](c2ccccc2)C1. The van der Waals surface area contributed by atoms with Gasteiger partial charge in [0, 0.05) is 19.3 Å². The molecule has 0 aliphatic carbocycles. The number of amides is 1. The van der Waals surface area contributed by atoms with Gasteiger partial charge in [-0.25, -0.2) is 0 Å². The predicted molar refractivity (Wildman–Crippen MR) is 94.7 cm³/mol. The van der Waals surface area contributed by atoms with Crippen LogP contribution in [0.3, 0.4) is 0 Å². The maximum absolute atomic E-state index is 12.8. The number of hydrogen-bond acceptors (Lipinski definition) is 2. The van der Waals surface area contributed by atoms with Crippen LogP contribution in [0.15, 0.2) is 60.7 Å². The van der Waals surface area contributed by atoms with Crippen molar-refractivity contribution >= 4 is 11.6 Å². The van der Waals surface area contributed by atoms with Crippen LogP contribution in [0.5, 0.6) is 0 Å². The molecule has 3 rings (SSSR count). The fourth-order valence-electron chi connectivity index (χ4n) is 3.35. The molecule has 120 valence electrons. The first kappa shape index (κ1) is 15.8. The van der Waals surface area contributed by atoms with E-state index in [1.165, 1.54) is 5.56 Å². The highest BCUT2D eigenvalue weighted by Crippen LogP contribution is 2.28. The van der Waals surface area contributed by atoms with Gasteiger partial charge in [-0.1, -0.05) is 48.5 Å². The van der Waals surface area contributed by atoms with Gasteiger partial charge < -0.3 is 4.90 Å². The Balaban J connectivity index is 1.65. The first-order chi connectivity index (χ1) is 11.2. The van der Waals surface area contributed by atoms with Crippen LogP contribution in [0.25, 0.3) is 0 Å². The van der Waals surface area contributed by atoms with Gasteiger partial charge in [0.1, 0.15) is 0 Å². The molecule has 3 nitrogen and oxygen atoms in total. The summed E-state index contributed by atoms with van der Waals surface area (Å²) in [7, 11) is 1.86. The molecule has 1 aliphatic rings. The molecule has 1 aliphatic heterocycles. The summed E-state index contributed by atoms with van der Waals surface area (Å²) in [6.07, 6.45) is 1.12. The van der Waals surface area contributed by atoms with Crippen LogP contribution >= 0.6 is 0 Å². The van der Waals surface area contributed by atoms with E-state index in [1.54, 1.807) is 4.90 Å². The second kappa shape index (κ2) is 6.97. The molecule has 0 spiro atoms. The number of para-hydroxylation sites is 1. The Morgan fingerprint density at radius 1 is 1.09 bits per heavy atom. The summed E-state index contributed by atoms with van der Waals surface area (Å²) in [6.45, 7) is 3.96. The fourth-order valence-corrected chi connectivity index (χ4v) is 3.35. The highest BCUT2D eigenvalue weighted by Gasteiger charge is 2.31. The molecule has 0 radical (unpaired) electrons. The molecular weight excluding hydrogens is 284 g/mol. The Morgan fingerprint density at radius 2 is 1.70 bits per heavy atom. The first-order valence-electron chi connectivity index (χ1n) is 8.28. The number of hydrogen-bond donors (Lipinski definition) is 0. The zero-order valence-electron chi connectivity index (χ0n) is 13.9. The number of carbonyl (C=O) groups is 1. The lowest BCUT2D eigenvalue weighted by molar-refractivity contribution is -0.122. The molecule has 1 saturated heterocycles. The van der Waals surface area contributed by atoms with Crippen molar-refractivity contribution < 1.29 is 4.79 Å². The maximum Gasteiger partial charge on any atom is 0.243 e. The van der Waals surface area contributed by atoms with Crippen molar-refractivity contribution in [1.29, 1.82) is 0 Å². The number of rotatable bonds is 4. The number of nitrogens with zero attached hydrogens (tertiary/aromatic N) is 2. The second-order valence-electron chi connectivity index (χ2n) is 6.30.